The summed E-state index contributed by atoms with van der Waals surface area (Å²) in [5.74, 6) is -0.248. The smallest absolute Gasteiger partial charge is 0.238 e. The standard InChI is InChI=1S/C23H24FN5O/c24-17-9-11-18(12-10-17)27-21(30)15-29-13-5-4-8-20(29)22-19(14-26-23(25)28-22)16-6-2-1-3-7-16/h1-3,6-7,9-12,14,20H,4-5,8,13,15H2,(H,27,30)(H2,25,26,28)/t20-/m1/s1. The number of halogens is 1. The number of benzene rings is 2. The van der Waals surface area contributed by atoms with Gasteiger partial charge in [-0.1, -0.05) is 36.8 Å². The van der Waals surface area contributed by atoms with Gasteiger partial charge in [-0.2, -0.15) is 0 Å². The van der Waals surface area contributed by atoms with Crippen LogP contribution in [0.1, 0.15) is 31.0 Å². The summed E-state index contributed by atoms with van der Waals surface area (Å²) in [7, 11) is 0. The molecule has 2 heterocycles. The van der Waals surface area contributed by atoms with Crippen molar-refractivity contribution in [3.05, 3.63) is 72.3 Å². The fourth-order valence-electron chi connectivity index (χ4n) is 3.91. The Morgan fingerprint density at radius 1 is 1.13 bits per heavy atom. The Bertz CT molecular complexity index is 1010. The van der Waals surface area contributed by atoms with Crippen molar-refractivity contribution in [3.63, 3.8) is 0 Å². The molecule has 4 rings (SSSR count). The van der Waals surface area contributed by atoms with E-state index in [1.54, 1.807) is 18.3 Å². The van der Waals surface area contributed by atoms with Gasteiger partial charge in [-0.3, -0.25) is 9.69 Å². The van der Waals surface area contributed by atoms with E-state index in [2.05, 4.69) is 20.2 Å². The zero-order valence-corrected chi connectivity index (χ0v) is 16.6. The summed E-state index contributed by atoms with van der Waals surface area (Å²) in [6, 6.07) is 15.7. The van der Waals surface area contributed by atoms with Gasteiger partial charge >= 0.3 is 0 Å². The van der Waals surface area contributed by atoms with Crippen molar-refractivity contribution < 1.29 is 9.18 Å². The van der Waals surface area contributed by atoms with Crippen LogP contribution in [0.15, 0.2) is 60.8 Å². The molecule has 0 unspecified atom stereocenters. The predicted molar refractivity (Wildman–Crippen MR) is 115 cm³/mol. The lowest BCUT2D eigenvalue weighted by Crippen LogP contribution is -2.40. The summed E-state index contributed by atoms with van der Waals surface area (Å²) in [5, 5.41) is 2.84. The Kier molecular flexibility index (Phi) is 5.99. The number of nitrogens with one attached hydrogen (secondary N) is 1. The minimum absolute atomic E-state index is 0.0294. The van der Waals surface area contributed by atoms with Gasteiger partial charge in [0.25, 0.3) is 0 Å². The molecule has 1 fully saturated rings. The normalized spacial score (nSPS) is 16.9. The number of anilines is 2. The maximum atomic E-state index is 13.1. The van der Waals surface area contributed by atoms with Crippen LogP contribution in [-0.2, 0) is 4.79 Å². The molecule has 0 aliphatic carbocycles. The number of nitrogen functional groups attached to an aromatic ring is 1. The minimum Gasteiger partial charge on any atom is -0.368 e. The number of aromatic nitrogens is 2. The van der Waals surface area contributed by atoms with Gasteiger partial charge in [0.2, 0.25) is 11.9 Å². The van der Waals surface area contributed by atoms with Crippen LogP contribution >= 0.6 is 0 Å². The van der Waals surface area contributed by atoms with Crippen molar-refractivity contribution in [3.8, 4) is 11.1 Å². The largest absolute Gasteiger partial charge is 0.368 e. The van der Waals surface area contributed by atoms with Gasteiger partial charge in [0, 0.05) is 17.4 Å². The Hall–Kier alpha value is -3.32. The summed E-state index contributed by atoms with van der Waals surface area (Å²) in [5.41, 5.74) is 9.30. The SMILES string of the molecule is Nc1ncc(-c2ccccc2)c([C@H]2CCCCN2CC(=O)Nc2ccc(F)cc2)n1. The number of nitrogens with zero attached hydrogens (tertiary/aromatic N) is 3. The van der Waals surface area contributed by atoms with E-state index in [1.807, 2.05) is 30.3 Å². The molecule has 6 nitrogen and oxygen atoms in total. The minimum atomic E-state index is -0.334. The van der Waals surface area contributed by atoms with Gasteiger partial charge in [0.1, 0.15) is 5.82 Å². The third-order valence-electron chi connectivity index (χ3n) is 5.33. The van der Waals surface area contributed by atoms with Gasteiger partial charge in [-0.05, 0) is 49.2 Å². The zero-order valence-electron chi connectivity index (χ0n) is 16.6. The summed E-state index contributed by atoms with van der Waals surface area (Å²) in [4.78, 5) is 23.6. The van der Waals surface area contributed by atoms with E-state index >= 15 is 0 Å². The van der Waals surface area contributed by atoms with Gasteiger partial charge in [-0.15, -0.1) is 0 Å². The third-order valence-corrected chi connectivity index (χ3v) is 5.33. The van der Waals surface area contributed by atoms with E-state index in [0.717, 1.165) is 42.6 Å². The molecule has 1 aromatic heterocycles. The predicted octanol–water partition coefficient (Wildman–Crippen LogP) is 4.03. The Labute approximate surface area is 175 Å². The maximum absolute atomic E-state index is 13.1. The number of hydrogen-bond donors (Lipinski definition) is 2. The molecule has 1 aliphatic rings. The number of nitrogens with two attached hydrogens (primary N) is 1. The van der Waals surface area contributed by atoms with E-state index < -0.39 is 0 Å². The molecule has 0 spiro atoms. The second-order valence-electron chi connectivity index (χ2n) is 7.43. The van der Waals surface area contributed by atoms with Crippen LogP contribution in [0.3, 0.4) is 0 Å². The lowest BCUT2D eigenvalue weighted by atomic mass is 9.94. The lowest BCUT2D eigenvalue weighted by Gasteiger charge is -2.35. The van der Waals surface area contributed by atoms with E-state index in [4.69, 9.17) is 5.73 Å². The van der Waals surface area contributed by atoms with Gasteiger partial charge in [0.05, 0.1) is 18.3 Å². The van der Waals surface area contributed by atoms with Crippen molar-refractivity contribution >= 4 is 17.5 Å². The highest BCUT2D eigenvalue weighted by atomic mass is 19.1. The first-order valence-electron chi connectivity index (χ1n) is 10.1. The van der Waals surface area contributed by atoms with E-state index in [0.29, 0.717) is 5.69 Å². The summed E-state index contributed by atoms with van der Waals surface area (Å²) in [6.45, 7) is 1.01. The summed E-state index contributed by atoms with van der Waals surface area (Å²) >= 11 is 0. The number of hydrogen-bond acceptors (Lipinski definition) is 5. The van der Waals surface area contributed by atoms with Crippen molar-refractivity contribution in [2.45, 2.75) is 25.3 Å². The van der Waals surface area contributed by atoms with Gasteiger partial charge < -0.3 is 11.1 Å². The first kappa shape index (κ1) is 20.0. The molecule has 1 amide bonds. The molecule has 0 saturated carbocycles. The van der Waals surface area contributed by atoms with Crippen LogP contribution in [-0.4, -0.2) is 33.9 Å². The molecule has 3 aromatic rings. The lowest BCUT2D eigenvalue weighted by molar-refractivity contribution is -0.118. The first-order valence-corrected chi connectivity index (χ1v) is 10.1. The average Bonchev–Trinajstić information content (AvgIpc) is 2.76. The van der Waals surface area contributed by atoms with Gasteiger partial charge in [0.15, 0.2) is 0 Å². The van der Waals surface area contributed by atoms with E-state index in [-0.39, 0.29) is 30.3 Å². The highest BCUT2D eigenvalue weighted by Gasteiger charge is 2.29. The van der Waals surface area contributed by atoms with Crippen LogP contribution in [0, 0.1) is 5.82 Å². The highest BCUT2D eigenvalue weighted by molar-refractivity contribution is 5.92. The van der Waals surface area contributed by atoms with Crippen LogP contribution in [0.25, 0.3) is 11.1 Å². The topological polar surface area (TPSA) is 84.1 Å². The fourth-order valence-corrected chi connectivity index (χ4v) is 3.91. The maximum Gasteiger partial charge on any atom is 0.238 e. The molecule has 1 atom stereocenters. The average molecular weight is 405 g/mol. The Morgan fingerprint density at radius 2 is 1.90 bits per heavy atom. The molecule has 0 bridgehead atoms. The second-order valence-corrected chi connectivity index (χ2v) is 7.43. The zero-order chi connectivity index (χ0) is 20.9. The van der Waals surface area contributed by atoms with Gasteiger partial charge in [-0.25, -0.2) is 14.4 Å². The van der Waals surface area contributed by atoms with Crippen molar-refractivity contribution in [2.24, 2.45) is 0 Å². The summed E-state index contributed by atoms with van der Waals surface area (Å²) in [6.07, 6.45) is 4.72. The molecule has 3 N–H and O–H groups in total. The Balaban J connectivity index is 1.57. The number of piperidine rings is 1. The molecule has 154 valence electrons. The highest BCUT2D eigenvalue weighted by Crippen LogP contribution is 2.35. The molecule has 30 heavy (non-hydrogen) atoms. The van der Waals surface area contributed by atoms with Crippen molar-refractivity contribution in [1.29, 1.82) is 0 Å². The van der Waals surface area contributed by atoms with Crippen LogP contribution < -0.4 is 11.1 Å². The third kappa shape index (κ3) is 4.63. The number of rotatable bonds is 5. The first-order chi connectivity index (χ1) is 14.6. The van der Waals surface area contributed by atoms with Crippen LogP contribution in [0.2, 0.25) is 0 Å². The van der Waals surface area contributed by atoms with E-state index in [9.17, 15) is 9.18 Å². The number of carbonyl (C=O) groups is 1. The second kappa shape index (κ2) is 9.00. The monoisotopic (exact) mass is 405 g/mol. The van der Waals surface area contributed by atoms with Crippen molar-refractivity contribution in [1.82, 2.24) is 14.9 Å². The molecule has 1 aliphatic heterocycles. The Morgan fingerprint density at radius 3 is 2.67 bits per heavy atom. The van der Waals surface area contributed by atoms with E-state index in [1.165, 1.54) is 12.1 Å². The summed E-state index contributed by atoms with van der Waals surface area (Å²) < 4.78 is 13.1. The molecular formula is C23H24FN5O. The number of amides is 1. The molecule has 2 aromatic carbocycles. The quantitative estimate of drug-likeness (QED) is 0.670. The number of likely N-dealkylation sites (tertiary alicyclic amines) is 1. The van der Waals surface area contributed by atoms with Crippen molar-refractivity contribution in [2.75, 3.05) is 24.1 Å². The molecule has 7 heteroatoms. The molecule has 0 radical (unpaired) electrons. The molecule has 1 saturated heterocycles. The fraction of sp³-hybridized carbons (Fsp3) is 0.261. The number of carbonyl (C=O) groups excluding carboxylic acids is 1. The van der Waals surface area contributed by atoms with Crippen LogP contribution in [0.5, 0.6) is 0 Å². The van der Waals surface area contributed by atoms with Crippen LogP contribution in [0.4, 0.5) is 16.0 Å². The molecular weight excluding hydrogens is 381 g/mol.